The van der Waals surface area contributed by atoms with E-state index in [0.29, 0.717) is 18.0 Å². The maximum absolute atomic E-state index is 13.0. The summed E-state index contributed by atoms with van der Waals surface area (Å²) >= 11 is 0. The van der Waals surface area contributed by atoms with Crippen LogP contribution in [0.1, 0.15) is 6.92 Å². The highest BCUT2D eigenvalue weighted by molar-refractivity contribution is 5.88. The van der Waals surface area contributed by atoms with Crippen LogP contribution in [-0.2, 0) is 6.54 Å². The van der Waals surface area contributed by atoms with Gasteiger partial charge in [0, 0.05) is 25.4 Å². The lowest BCUT2D eigenvalue weighted by atomic mass is 10.3. The summed E-state index contributed by atoms with van der Waals surface area (Å²) in [7, 11) is 0. The molecule has 1 aromatic heterocycles. The summed E-state index contributed by atoms with van der Waals surface area (Å²) in [6.45, 7) is 2.59. The molecule has 0 saturated carbocycles. The standard InChI is InChI=1S/C15H19FN4O3/c1-2-20-9-12(7-18-20)19-15(22)17-8-13(21)10-23-14-5-3-4-11(16)6-14/h3-7,9,13,21H,2,8,10H2,1H3,(H2,17,19,22)/t13-/m0/s1. The van der Waals surface area contributed by atoms with E-state index in [1.54, 1.807) is 16.9 Å². The third-order valence-corrected chi connectivity index (χ3v) is 2.95. The highest BCUT2D eigenvalue weighted by atomic mass is 19.1. The van der Waals surface area contributed by atoms with E-state index < -0.39 is 18.0 Å². The van der Waals surface area contributed by atoms with Crippen LogP contribution in [0.5, 0.6) is 5.75 Å². The van der Waals surface area contributed by atoms with Gasteiger partial charge < -0.3 is 20.5 Å². The van der Waals surface area contributed by atoms with E-state index in [-0.39, 0.29) is 13.2 Å². The Balaban J connectivity index is 1.69. The molecule has 0 saturated heterocycles. The molecule has 7 nitrogen and oxygen atoms in total. The Morgan fingerprint density at radius 2 is 2.35 bits per heavy atom. The smallest absolute Gasteiger partial charge is 0.319 e. The second kappa shape index (κ2) is 8.14. The van der Waals surface area contributed by atoms with Gasteiger partial charge in [0.15, 0.2) is 0 Å². The van der Waals surface area contributed by atoms with E-state index in [1.165, 1.54) is 24.4 Å². The van der Waals surface area contributed by atoms with E-state index in [4.69, 9.17) is 4.74 Å². The predicted octanol–water partition coefficient (Wildman–Crippen LogP) is 1.60. The molecule has 2 rings (SSSR count). The zero-order valence-corrected chi connectivity index (χ0v) is 12.7. The van der Waals surface area contributed by atoms with Crippen molar-refractivity contribution in [3.63, 3.8) is 0 Å². The average Bonchev–Trinajstić information content (AvgIpc) is 2.98. The lowest BCUT2D eigenvalue weighted by molar-refractivity contribution is 0.108. The van der Waals surface area contributed by atoms with Gasteiger partial charge in [0.2, 0.25) is 0 Å². The predicted molar refractivity (Wildman–Crippen MR) is 82.8 cm³/mol. The third-order valence-electron chi connectivity index (χ3n) is 2.95. The van der Waals surface area contributed by atoms with Gasteiger partial charge in [-0.3, -0.25) is 4.68 Å². The second-order valence-electron chi connectivity index (χ2n) is 4.84. The third kappa shape index (κ3) is 5.59. The number of aliphatic hydroxyl groups excluding tert-OH is 1. The zero-order valence-electron chi connectivity index (χ0n) is 12.7. The van der Waals surface area contributed by atoms with E-state index in [2.05, 4.69) is 15.7 Å². The fourth-order valence-corrected chi connectivity index (χ4v) is 1.79. The van der Waals surface area contributed by atoms with Crippen LogP contribution in [0.3, 0.4) is 0 Å². The molecule has 0 spiro atoms. The average molecular weight is 322 g/mol. The number of rotatable bonds is 7. The Hall–Kier alpha value is -2.61. The van der Waals surface area contributed by atoms with E-state index in [9.17, 15) is 14.3 Å². The fraction of sp³-hybridized carbons (Fsp3) is 0.333. The van der Waals surface area contributed by atoms with E-state index in [0.717, 1.165) is 0 Å². The number of aryl methyl sites for hydroxylation is 1. The van der Waals surface area contributed by atoms with Crippen molar-refractivity contribution in [1.29, 1.82) is 0 Å². The number of benzene rings is 1. The minimum Gasteiger partial charge on any atom is -0.491 e. The number of amides is 2. The summed E-state index contributed by atoms with van der Waals surface area (Å²) in [5, 5.41) is 18.9. The lowest BCUT2D eigenvalue weighted by Gasteiger charge is -2.13. The lowest BCUT2D eigenvalue weighted by Crippen LogP contribution is -2.37. The van der Waals surface area contributed by atoms with E-state index >= 15 is 0 Å². The second-order valence-corrected chi connectivity index (χ2v) is 4.84. The highest BCUT2D eigenvalue weighted by Gasteiger charge is 2.09. The maximum Gasteiger partial charge on any atom is 0.319 e. The van der Waals surface area contributed by atoms with Crippen LogP contribution in [0.25, 0.3) is 0 Å². The van der Waals surface area contributed by atoms with Crippen LogP contribution in [0.15, 0.2) is 36.7 Å². The van der Waals surface area contributed by atoms with Crippen LogP contribution < -0.4 is 15.4 Å². The van der Waals surface area contributed by atoms with Crippen molar-refractivity contribution in [2.75, 3.05) is 18.5 Å². The molecule has 0 aliphatic heterocycles. The first-order valence-corrected chi connectivity index (χ1v) is 7.20. The number of anilines is 1. The van der Waals surface area contributed by atoms with Gasteiger partial charge in [-0.2, -0.15) is 5.10 Å². The largest absolute Gasteiger partial charge is 0.491 e. The number of halogens is 1. The summed E-state index contributed by atoms with van der Waals surface area (Å²) in [5.74, 6) is -0.0948. The van der Waals surface area contributed by atoms with Gasteiger partial charge in [-0.1, -0.05) is 6.07 Å². The van der Waals surface area contributed by atoms with Gasteiger partial charge in [-0.25, -0.2) is 9.18 Å². The van der Waals surface area contributed by atoms with Gasteiger partial charge in [0.1, 0.15) is 24.3 Å². The molecule has 0 radical (unpaired) electrons. The molecule has 2 aromatic rings. The van der Waals surface area contributed by atoms with Crippen molar-refractivity contribution >= 4 is 11.7 Å². The van der Waals surface area contributed by atoms with Gasteiger partial charge in [-0.15, -0.1) is 0 Å². The summed E-state index contributed by atoms with van der Waals surface area (Å²) in [6, 6.07) is 5.17. The first-order chi connectivity index (χ1) is 11.1. The zero-order chi connectivity index (χ0) is 16.7. The molecule has 0 fully saturated rings. The number of carbonyl (C=O) groups is 1. The minimum absolute atomic E-state index is 0.00304. The molecule has 1 atom stereocenters. The summed E-state index contributed by atoms with van der Waals surface area (Å²) < 4.78 is 19.9. The maximum atomic E-state index is 13.0. The molecule has 0 aliphatic carbocycles. The topological polar surface area (TPSA) is 88.4 Å². The number of ether oxygens (including phenoxy) is 1. The molecule has 3 N–H and O–H groups in total. The van der Waals surface area contributed by atoms with Crippen LogP contribution >= 0.6 is 0 Å². The molecule has 2 amide bonds. The van der Waals surface area contributed by atoms with Crippen molar-refractivity contribution in [3.8, 4) is 5.75 Å². The number of hydrogen-bond acceptors (Lipinski definition) is 4. The van der Waals surface area contributed by atoms with Crippen LogP contribution in [0.2, 0.25) is 0 Å². The van der Waals surface area contributed by atoms with Crippen molar-refractivity contribution in [3.05, 3.63) is 42.5 Å². The van der Waals surface area contributed by atoms with Gasteiger partial charge in [0.05, 0.1) is 11.9 Å². The normalized spacial score (nSPS) is 11.8. The van der Waals surface area contributed by atoms with Gasteiger partial charge in [0.25, 0.3) is 0 Å². The highest BCUT2D eigenvalue weighted by Crippen LogP contribution is 2.12. The number of aliphatic hydroxyl groups is 1. The summed E-state index contributed by atoms with van der Waals surface area (Å²) in [6.07, 6.45) is 2.32. The number of nitrogens with zero attached hydrogens (tertiary/aromatic N) is 2. The number of hydrogen-bond donors (Lipinski definition) is 3. The van der Waals surface area contributed by atoms with Crippen LogP contribution in [0, 0.1) is 5.82 Å². The quantitative estimate of drug-likeness (QED) is 0.722. The Bertz CT molecular complexity index is 647. The Morgan fingerprint density at radius 3 is 3.04 bits per heavy atom. The first-order valence-electron chi connectivity index (χ1n) is 7.20. The fourth-order valence-electron chi connectivity index (χ4n) is 1.79. The number of nitrogens with one attached hydrogen (secondary N) is 2. The molecule has 1 aromatic carbocycles. The molecule has 124 valence electrons. The summed E-state index contributed by atoms with van der Waals surface area (Å²) in [5.41, 5.74) is 0.565. The molecular weight excluding hydrogens is 303 g/mol. The van der Waals surface area contributed by atoms with Gasteiger partial charge in [-0.05, 0) is 19.1 Å². The van der Waals surface area contributed by atoms with Crippen molar-refractivity contribution in [2.45, 2.75) is 19.6 Å². The Morgan fingerprint density at radius 1 is 1.52 bits per heavy atom. The molecular formula is C15H19FN4O3. The monoisotopic (exact) mass is 322 g/mol. The van der Waals surface area contributed by atoms with Crippen molar-refractivity contribution in [1.82, 2.24) is 15.1 Å². The number of urea groups is 1. The van der Waals surface area contributed by atoms with Gasteiger partial charge >= 0.3 is 6.03 Å². The Kier molecular flexibility index (Phi) is 5.93. The first kappa shape index (κ1) is 16.8. The molecule has 1 heterocycles. The van der Waals surface area contributed by atoms with Crippen LogP contribution in [0.4, 0.5) is 14.9 Å². The Labute approximate surface area is 133 Å². The van der Waals surface area contributed by atoms with Crippen molar-refractivity contribution < 1.29 is 19.0 Å². The molecule has 0 aliphatic rings. The van der Waals surface area contributed by atoms with Crippen molar-refractivity contribution in [2.24, 2.45) is 0 Å². The molecule has 23 heavy (non-hydrogen) atoms. The molecule has 8 heteroatoms. The summed E-state index contributed by atoms with van der Waals surface area (Å²) in [4.78, 5) is 11.7. The minimum atomic E-state index is -0.914. The molecule has 0 bridgehead atoms. The van der Waals surface area contributed by atoms with Crippen LogP contribution in [-0.4, -0.2) is 40.2 Å². The molecule has 0 unspecified atom stereocenters. The SMILES string of the molecule is CCn1cc(NC(=O)NC[C@H](O)COc2cccc(F)c2)cn1. The number of aromatic nitrogens is 2. The number of carbonyl (C=O) groups excluding carboxylic acids is 1. The van der Waals surface area contributed by atoms with E-state index in [1.807, 2.05) is 6.92 Å².